The van der Waals surface area contributed by atoms with Crippen molar-refractivity contribution in [3.05, 3.63) is 33.0 Å². The molecule has 0 aliphatic rings. The van der Waals surface area contributed by atoms with Crippen LogP contribution < -0.4 is 5.32 Å². The molecule has 152 valence electrons. The minimum absolute atomic E-state index is 0.0539. The van der Waals surface area contributed by atoms with Crippen molar-refractivity contribution in [1.82, 2.24) is 5.16 Å². The summed E-state index contributed by atoms with van der Waals surface area (Å²) in [5.74, 6) is -1.38. The molecule has 0 atom stereocenters. The topological polar surface area (TPSA) is 108 Å². The van der Waals surface area contributed by atoms with Gasteiger partial charge in [-0.2, -0.15) is 0 Å². The lowest BCUT2D eigenvalue weighted by Crippen LogP contribution is -2.22. The van der Waals surface area contributed by atoms with Crippen molar-refractivity contribution in [3.8, 4) is 0 Å². The number of esters is 2. The molecule has 0 radical (unpaired) electrons. The summed E-state index contributed by atoms with van der Waals surface area (Å²) in [5.41, 5.74) is 1.71. The number of amides is 1. The molecule has 0 aromatic carbocycles. The van der Waals surface area contributed by atoms with E-state index in [4.69, 9.17) is 14.0 Å². The van der Waals surface area contributed by atoms with Gasteiger partial charge in [-0.3, -0.25) is 4.79 Å². The number of carbonyl (C=O) groups excluding carboxylic acids is 3. The second kappa shape index (κ2) is 9.01. The number of aromatic nitrogens is 1. The van der Waals surface area contributed by atoms with Crippen molar-refractivity contribution in [2.75, 3.05) is 18.5 Å². The van der Waals surface area contributed by atoms with Crippen molar-refractivity contribution in [2.24, 2.45) is 0 Å². The zero-order valence-corrected chi connectivity index (χ0v) is 17.6. The molecule has 2 aromatic rings. The Labute approximate surface area is 167 Å². The number of hydrogen-bond acceptors (Lipinski definition) is 8. The van der Waals surface area contributed by atoms with Crippen LogP contribution in [0.4, 0.5) is 5.00 Å². The van der Waals surface area contributed by atoms with Crippen molar-refractivity contribution in [1.29, 1.82) is 0 Å². The largest absolute Gasteiger partial charge is 0.462 e. The molecule has 0 unspecified atom stereocenters. The van der Waals surface area contributed by atoms with Gasteiger partial charge in [-0.15, -0.1) is 11.3 Å². The monoisotopic (exact) mass is 408 g/mol. The molecule has 28 heavy (non-hydrogen) atoms. The SMILES string of the molecule is CCOC(=O)c1c(NC(=O)COC(=O)c2c(C)noc2C(C)C)sc(C)c1C. The molecular weight excluding hydrogens is 384 g/mol. The first kappa shape index (κ1) is 21.6. The Morgan fingerprint density at radius 3 is 2.36 bits per heavy atom. The highest BCUT2D eigenvalue weighted by atomic mass is 32.1. The molecule has 0 aliphatic heterocycles. The average molecular weight is 408 g/mol. The maximum atomic E-state index is 12.4. The number of carbonyl (C=O) groups is 3. The fourth-order valence-corrected chi connectivity index (χ4v) is 3.62. The summed E-state index contributed by atoms with van der Waals surface area (Å²) in [7, 11) is 0. The Hall–Kier alpha value is -2.68. The third kappa shape index (κ3) is 4.59. The van der Waals surface area contributed by atoms with Gasteiger partial charge in [0.2, 0.25) is 0 Å². The van der Waals surface area contributed by atoms with E-state index < -0.39 is 24.5 Å². The van der Waals surface area contributed by atoms with Crippen molar-refractivity contribution >= 4 is 34.2 Å². The number of hydrogen-bond donors (Lipinski definition) is 1. The van der Waals surface area contributed by atoms with Gasteiger partial charge in [-0.25, -0.2) is 9.59 Å². The fraction of sp³-hybridized carbons (Fsp3) is 0.474. The Bertz CT molecular complexity index is 897. The Kier molecular flexibility index (Phi) is 6.95. The van der Waals surface area contributed by atoms with E-state index in [-0.39, 0.29) is 18.1 Å². The van der Waals surface area contributed by atoms with E-state index in [1.807, 2.05) is 20.8 Å². The lowest BCUT2D eigenvalue weighted by Gasteiger charge is -2.08. The van der Waals surface area contributed by atoms with E-state index in [0.29, 0.717) is 22.0 Å². The van der Waals surface area contributed by atoms with Gasteiger partial charge in [-0.1, -0.05) is 19.0 Å². The molecule has 0 saturated carbocycles. The van der Waals surface area contributed by atoms with Crippen LogP contribution >= 0.6 is 11.3 Å². The van der Waals surface area contributed by atoms with Crippen molar-refractivity contribution < 1.29 is 28.4 Å². The average Bonchev–Trinajstić information content (AvgIpc) is 3.13. The smallest absolute Gasteiger partial charge is 0.344 e. The van der Waals surface area contributed by atoms with Gasteiger partial charge in [0.1, 0.15) is 10.6 Å². The van der Waals surface area contributed by atoms with Crippen LogP contribution in [0, 0.1) is 20.8 Å². The summed E-state index contributed by atoms with van der Waals surface area (Å²) in [5, 5.41) is 6.79. The van der Waals surface area contributed by atoms with Crippen molar-refractivity contribution in [3.63, 3.8) is 0 Å². The quantitative estimate of drug-likeness (QED) is 0.695. The van der Waals surface area contributed by atoms with Gasteiger partial charge < -0.3 is 19.3 Å². The van der Waals surface area contributed by atoms with E-state index in [9.17, 15) is 14.4 Å². The van der Waals surface area contributed by atoms with E-state index in [1.54, 1.807) is 20.8 Å². The van der Waals surface area contributed by atoms with Crippen LogP contribution in [0.3, 0.4) is 0 Å². The maximum Gasteiger partial charge on any atom is 0.344 e. The van der Waals surface area contributed by atoms with Gasteiger partial charge in [0, 0.05) is 10.8 Å². The van der Waals surface area contributed by atoms with Gasteiger partial charge in [0.25, 0.3) is 5.91 Å². The van der Waals surface area contributed by atoms with Crippen LogP contribution in [0.5, 0.6) is 0 Å². The second-order valence-corrected chi connectivity index (χ2v) is 7.72. The highest BCUT2D eigenvalue weighted by molar-refractivity contribution is 7.16. The molecule has 0 bridgehead atoms. The molecule has 0 spiro atoms. The van der Waals surface area contributed by atoms with Gasteiger partial charge in [0.15, 0.2) is 12.4 Å². The Balaban J connectivity index is 2.08. The molecule has 1 N–H and O–H groups in total. The number of ether oxygens (including phenoxy) is 2. The zero-order valence-electron chi connectivity index (χ0n) is 16.8. The standard InChI is InChI=1S/C19H24N2O6S/c1-7-25-18(23)14-10(4)12(6)28-17(14)20-13(22)8-26-19(24)15-11(5)21-27-16(15)9(2)3/h9H,7-8H2,1-6H3,(H,20,22). The predicted molar refractivity (Wildman–Crippen MR) is 104 cm³/mol. The predicted octanol–water partition coefficient (Wildman–Crippen LogP) is 3.76. The maximum absolute atomic E-state index is 12.4. The van der Waals surface area contributed by atoms with Gasteiger partial charge in [-0.05, 0) is 33.3 Å². The van der Waals surface area contributed by atoms with E-state index in [0.717, 1.165) is 10.4 Å². The van der Waals surface area contributed by atoms with E-state index >= 15 is 0 Å². The molecule has 1 amide bonds. The molecule has 0 saturated heterocycles. The first-order valence-corrected chi connectivity index (χ1v) is 9.69. The first-order chi connectivity index (χ1) is 13.2. The number of anilines is 1. The van der Waals surface area contributed by atoms with Gasteiger partial charge in [0.05, 0.1) is 17.9 Å². The third-order valence-electron chi connectivity index (χ3n) is 4.07. The third-order valence-corrected chi connectivity index (χ3v) is 5.19. The minimum Gasteiger partial charge on any atom is -0.462 e. The van der Waals surface area contributed by atoms with Crippen LogP contribution in [0.15, 0.2) is 4.52 Å². The lowest BCUT2D eigenvalue weighted by molar-refractivity contribution is -0.119. The first-order valence-electron chi connectivity index (χ1n) is 8.87. The van der Waals surface area contributed by atoms with Crippen LogP contribution in [0.2, 0.25) is 0 Å². The molecule has 9 heteroatoms. The van der Waals surface area contributed by atoms with E-state index in [1.165, 1.54) is 11.3 Å². The van der Waals surface area contributed by atoms with Crippen LogP contribution in [0.1, 0.15) is 69.3 Å². The molecule has 8 nitrogen and oxygen atoms in total. The Morgan fingerprint density at radius 2 is 1.75 bits per heavy atom. The molecule has 2 aromatic heterocycles. The fourth-order valence-electron chi connectivity index (χ4n) is 2.56. The lowest BCUT2D eigenvalue weighted by atomic mass is 10.1. The molecule has 2 heterocycles. The second-order valence-electron chi connectivity index (χ2n) is 6.49. The van der Waals surface area contributed by atoms with Crippen LogP contribution in [-0.4, -0.2) is 36.2 Å². The zero-order chi connectivity index (χ0) is 21.0. The van der Waals surface area contributed by atoms with Crippen molar-refractivity contribution in [2.45, 2.75) is 47.5 Å². The molecule has 0 aliphatic carbocycles. The Morgan fingerprint density at radius 1 is 1.11 bits per heavy atom. The minimum atomic E-state index is -0.679. The summed E-state index contributed by atoms with van der Waals surface area (Å²) in [4.78, 5) is 37.7. The van der Waals surface area contributed by atoms with E-state index in [2.05, 4.69) is 10.5 Å². The summed E-state index contributed by atoms with van der Waals surface area (Å²) in [6.45, 7) is 10.4. The highest BCUT2D eigenvalue weighted by Gasteiger charge is 2.25. The summed E-state index contributed by atoms with van der Waals surface area (Å²) in [6.07, 6.45) is 0. The number of aryl methyl sites for hydroxylation is 2. The molecule has 0 fully saturated rings. The van der Waals surface area contributed by atoms with Crippen LogP contribution in [-0.2, 0) is 14.3 Å². The summed E-state index contributed by atoms with van der Waals surface area (Å²) >= 11 is 1.27. The number of rotatable bonds is 7. The number of thiophene rings is 1. The number of nitrogens with zero attached hydrogens (tertiary/aromatic N) is 1. The van der Waals surface area contributed by atoms with Crippen LogP contribution in [0.25, 0.3) is 0 Å². The highest BCUT2D eigenvalue weighted by Crippen LogP contribution is 2.33. The summed E-state index contributed by atoms with van der Waals surface area (Å²) < 4.78 is 15.3. The molecular formula is C19H24N2O6S. The summed E-state index contributed by atoms with van der Waals surface area (Å²) in [6, 6.07) is 0. The van der Waals surface area contributed by atoms with Gasteiger partial charge >= 0.3 is 11.9 Å². The molecule has 2 rings (SSSR count). The number of nitrogens with one attached hydrogen (secondary N) is 1. The normalized spacial score (nSPS) is 10.8.